The molecule has 2 saturated carbocycles. The number of amides is 2. The molecule has 0 radical (unpaired) electrons. The van der Waals surface area contributed by atoms with Gasteiger partial charge in [-0.15, -0.1) is 0 Å². The van der Waals surface area contributed by atoms with E-state index in [1.54, 1.807) is 13.8 Å². The average Bonchev–Trinajstić information content (AvgIpc) is 2.75. The molecule has 2 amide bonds. The zero-order valence-corrected chi connectivity index (χ0v) is 21.2. The number of carbonyl (C=O) groups is 4. The fourth-order valence-electron chi connectivity index (χ4n) is 4.99. The number of carbonyl (C=O) groups excluding carboxylic acids is 3. The first-order valence-corrected chi connectivity index (χ1v) is 12.6. The number of carboxylic acid groups (broad SMARTS) is 1. The molecule has 34 heavy (non-hydrogen) atoms. The molecule has 0 aromatic carbocycles. The molecule has 2 aliphatic rings. The first-order valence-electron chi connectivity index (χ1n) is 12.6. The summed E-state index contributed by atoms with van der Waals surface area (Å²) in [4.78, 5) is 47.1. The van der Waals surface area contributed by atoms with Crippen LogP contribution in [0.2, 0.25) is 0 Å². The van der Waals surface area contributed by atoms with Crippen LogP contribution in [-0.2, 0) is 23.9 Å². The smallest absolute Gasteiger partial charge is 0.404 e. The summed E-state index contributed by atoms with van der Waals surface area (Å²) in [5.74, 6) is 0.110. The van der Waals surface area contributed by atoms with Crippen LogP contribution in [-0.4, -0.2) is 58.8 Å². The van der Waals surface area contributed by atoms with Crippen molar-refractivity contribution >= 4 is 23.8 Å². The zero-order valence-electron chi connectivity index (χ0n) is 21.2. The maximum atomic E-state index is 12.8. The van der Waals surface area contributed by atoms with Crippen LogP contribution in [0.25, 0.3) is 0 Å². The summed E-state index contributed by atoms with van der Waals surface area (Å²) in [6.07, 6.45) is 6.33. The summed E-state index contributed by atoms with van der Waals surface area (Å²) >= 11 is 0. The van der Waals surface area contributed by atoms with Gasteiger partial charge in [0.15, 0.2) is 18.0 Å². The van der Waals surface area contributed by atoms with E-state index in [0.717, 1.165) is 51.4 Å². The number of ketones is 1. The molecule has 2 aliphatic carbocycles. The summed E-state index contributed by atoms with van der Waals surface area (Å²) in [7, 11) is 0. The number of nitrogens with one attached hydrogen (secondary N) is 2. The van der Waals surface area contributed by atoms with Crippen molar-refractivity contribution in [1.82, 2.24) is 10.6 Å². The van der Waals surface area contributed by atoms with Gasteiger partial charge >= 0.3 is 12.1 Å². The third-order valence-electron chi connectivity index (χ3n) is 7.24. The van der Waals surface area contributed by atoms with Crippen LogP contribution >= 0.6 is 0 Å². The lowest BCUT2D eigenvalue weighted by molar-refractivity contribution is -0.175. The van der Waals surface area contributed by atoms with Crippen molar-refractivity contribution in [1.29, 1.82) is 0 Å². The van der Waals surface area contributed by atoms with Gasteiger partial charge in [-0.1, -0.05) is 0 Å². The van der Waals surface area contributed by atoms with E-state index in [1.807, 2.05) is 0 Å². The van der Waals surface area contributed by atoms with Gasteiger partial charge in [-0.05, 0) is 104 Å². The van der Waals surface area contributed by atoms with Crippen molar-refractivity contribution in [3.63, 3.8) is 0 Å². The highest BCUT2D eigenvalue weighted by molar-refractivity contribution is 5.86. The molecule has 0 bridgehead atoms. The topological polar surface area (TPSA) is 131 Å². The van der Waals surface area contributed by atoms with Gasteiger partial charge in [0.05, 0.1) is 0 Å². The van der Waals surface area contributed by atoms with Gasteiger partial charge in [0.25, 0.3) is 5.91 Å². The predicted molar refractivity (Wildman–Crippen MR) is 126 cm³/mol. The van der Waals surface area contributed by atoms with Crippen LogP contribution in [0.5, 0.6) is 0 Å². The molecule has 3 N–H and O–H groups in total. The highest BCUT2D eigenvalue weighted by atomic mass is 16.6. The Kier molecular flexibility index (Phi) is 10.3. The summed E-state index contributed by atoms with van der Waals surface area (Å²) in [6, 6.07) is 0.175. The normalized spacial score (nSPS) is 27.2. The van der Waals surface area contributed by atoms with Gasteiger partial charge in [0.2, 0.25) is 0 Å². The minimum atomic E-state index is -1.21. The molecule has 2 atom stereocenters. The van der Waals surface area contributed by atoms with Crippen molar-refractivity contribution in [2.75, 3.05) is 0 Å². The van der Waals surface area contributed by atoms with Crippen molar-refractivity contribution < 1.29 is 33.8 Å². The Morgan fingerprint density at radius 3 is 1.76 bits per heavy atom. The number of hydrogen-bond donors (Lipinski definition) is 3. The molecule has 0 spiro atoms. The summed E-state index contributed by atoms with van der Waals surface area (Å²) in [5.41, 5.74) is -1.21. The van der Waals surface area contributed by atoms with Crippen LogP contribution in [0.3, 0.4) is 0 Å². The van der Waals surface area contributed by atoms with Gasteiger partial charge in [0.1, 0.15) is 5.60 Å². The molecule has 0 aliphatic heterocycles. The maximum absolute atomic E-state index is 12.8. The predicted octanol–water partition coefficient (Wildman–Crippen LogP) is 3.58. The number of ether oxygens (including phenoxy) is 2. The lowest BCUT2D eigenvalue weighted by Crippen LogP contribution is -2.51. The molecule has 9 heteroatoms. The molecule has 2 unspecified atom stereocenters. The van der Waals surface area contributed by atoms with Crippen molar-refractivity contribution in [3.05, 3.63) is 0 Å². The molecular weight excluding hydrogens is 440 g/mol. The first kappa shape index (κ1) is 28.1. The van der Waals surface area contributed by atoms with E-state index in [4.69, 9.17) is 14.6 Å². The molecule has 2 rings (SSSR count). The van der Waals surface area contributed by atoms with Crippen molar-refractivity contribution in [2.24, 2.45) is 11.8 Å². The van der Waals surface area contributed by atoms with Gasteiger partial charge in [-0.25, -0.2) is 9.59 Å². The summed E-state index contributed by atoms with van der Waals surface area (Å²) < 4.78 is 10.8. The Labute approximate surface area is 202 Å². The molecule has 2 fully saturated rings. The Morgan fingerprint density at radius 2 is 1.32 bits per heavy atom. The Morgan fingerprint density at radius 1 is 0.853 bits per heavy atom. The maximum Gasteiger partial charge on any atom is 0.404 e. The molecular formula is C25H42N2O7. The van der Waals surface area contributed by atoms with Crippen molar-refractivity contribution in [2.45, 2.75) is 122 Å². The van der Waals surface area contributed by atoms with Crippen LogP contribution in [0.1, 0.15) is 92.4 Å². The molecule has 0 aromatic heterocycles. The Bertz CT molecular complexity index is 723. The first-order chi connectivity index (χ1) is 15.9. The van der Waals surface area contributed by atoms with Crippen LogP contribution in [0.15, 0.2) is 0 Å². The molecule has 194 valence electrons. The van der Waals surface area contributed by atoms with E-state index in [0.29, 0.717) is 11.8 Å². The minimum Gasteiger partial charge on any atom is -0.465 e. The van der Waals surface area contributed by atoms with Gasteiger partial charge in [-0.2, -0.15) is 0 Å². The second-order valence-electron chi connectivity index (χ2n) is 10.6. The van der Waals surface area contributed by atoms with Gasteiger partial charge < -0.3 is 25.2 Å². The number of Topliss-reactive ketones (excluding diaryl/α,β-unsaturated/α-hetero) is 1. The summed E-state index contributed by atoms with van der Waals surface area (Å²) in [5, 5.41) is 14.5. The fourth-order valence-corrected chi connectivity index (χ4v) is 4.99. The second kappa shape index (κ2) is 12.5. The number of hydrogen-bond acceptors (Lipinski definition) is 6. The molecule has 9 nitrogen and oxygen atoms in total. The number of esters is 1. The summed E-state index contributed by atoms with van der Waals surface area (Å²) in [6.45, 7) is 7.62. The van der Waals surface area contributed by atoms with E-state index in [2.05, 4.69) is 10.6 Å². The van der Waals surface area contributed by atoms with Crippen LogP contribution in [0.4, 0.5) is 4.79 Å². The standard InChI is InChI=1S/C25H42N2O7/c1-15(28)16(2)33-22(29)17(3)34-25(4,5)23(30)26-20-10-6-18(7-11-20)14-19-8-12-21(13-9-19)27-24(31)32/h16-21,27H,6-14H2,1-5H3,(H,26,30)(H,31,32). The van der Waals surface area contributed by atoms with Crippen molar-refractivity contribution in [3.8, 4) is 0 Å². The zero-order chi connectivity index (χ0) is 25.5. The van der Waals surface area contributed by atoms with E-state index in [-0.39, 0.29) is 23.8 Å². The van der Waals surface area contributed by atoms with Crippen LogP contribution in [0, 0.1) is 11.8 Å². The van der Waals surface area contributed by atoms with Gasteiger partial charge in [0, 0.05) is 12.1 Å². The van der Waals surface area contributed by atoms with Gasteiger partial charge in [-0.3, -0.25) is 9.59 Å². The quantitative estimate of drug-likeness (QED) is 0.406. The molecule has 0 aromatic rings. The fraction of sp³-hybridized carbons (Fsp3) is 0.840. The lowest BCUT2D eigenvalue weighted by atomic mass is 9.75. The third kappa shape index (κ3) is 8.89. The largest absolute Gasteiger partial charge is 0.465 e. The van der Waals surface area contributed by atoms with E-state index < -0.39 is 29.9 Å². The molecule has 0 heterocycles. The van der Waals surface area contributed by atoms with Crippen LogP contribution < -0.4 is 10.6 Å². The highest BCUT2D eigenvalue weighted by Crippen LogP contribution is 2.35. The van der Waals surface area contributed by atoms with E-state index in [9.17, 15) is 19.2 Å². The average molecular weight is 483 g/mol. The number of rotatable bonds is 10. The Balaban J connectivity index is 1.71. The highest BCUT2D eigenvalue weighted by Gasteiger charge is 2.36. The van der Waals surface area contributed by atoms with E-state index >= 15 is 0 Å². The Hall–Kier alpha value is -2.16. The van der Waals surface area contributed by atoms with E-state index in [1.165, 1.54) is 27.2 Å². The SMILES string of the molecule is CC(=O)C(C)OC(=O)C(C)OC(C)(C)C(=O)NC1CCC(CC2CCC(NC(=O)O)CC2)CC1. The lowest BCUT2D eigenvalue weighted by Gasteiger charge is -2.35. The molecule has 0 saturated heterocycles. The second-order valence-corrected chi connectivity index (χ2v) is 10.6. The monoisotopic (exact) mass is 482 g/mol. The minimum absolute atomic E-state index is 0.0853. The third-order valence-corrected chi connectivity index (χ3v) is 7.24.